The molecule has 0 aromatic heterocycles. The van der Waals surface area contributed by atoms with Crippen molar-refractivity contribution in [3.05, 3.63) is 96.1 Å². The molecule has 128 valence electrons. The van der Waals surface area contributed by atoms with Gasteiger partial charge in [0.2, 0.25) is 0 Å². The number of hydrogen-bond acceptors (Lipinski definition) is 3. The Hall–Kier alpha value is -2.78. The van der Waals surface area contributed by atoms with Crippen LogP contribution in [-0.2, 0) is 12.8 Å². The van der Waals surface area contributed by atoms with E-state index in [9.17, 15) is 0 Å². The fourth-order valence-corrected chi connectivity index (χ4v) is 2.87. The summed E-state index contributed by atoms with van der Waals surface area (Å²) >= 11 is 0. The van der Waals surface area contributed by atoms with Gasteiger partial charge in [-0.25, -0.2) is 5.84 Å². The van der Waals surface area contributed by atoms with E-state index in [4.69, 9.17) is 5.84 Å². The monoisotopic (exact) mass is 331 g/mol. The van der Waals surface area contributed by atoms with E-state index in [2.05, 4.69) is 66.0 Å². The van der Waals surface area contributed by atoms with Gasteiger partial charge >= 0.3 is 0 Å². The molecule has 0 saturated heterocycles. The van der Waals surface area contributed by atoms with Gasteiger partial charge in [-0.1, -0.05) is 72.8 Å². The molecule has 0 amide bonds. The lowest BCUT2D eigenvalue weighted by Gasteiger charge is -2.22. The van der Waals surface area contributed by atoms with E-state index in [1.54, 1.807) is 0 Å². The Kier molecular flexibility index (Phi) is 6.07. The molecule has 0 aliphatic carbocycles. The molecule has 0 spiro atoms. The molecule has 3 rings (SSSR count). The van der Waals surface area contributed by atoms with Gasteiger partial charge in [-0.3, -0.25) is 0 Å². The third-order valence-electron chi connectivity index (χ3n) is 4.27. The first-order chi connectivity index (χ1) is 12.3. The van der Waals surface area contributed by atoms with Crippen LogP contribution in [0.1, 0.15) is 11.1 Å². The Bertz CT molecular complexity index is 756. The molecule has 0 fully saturated rings. The molecule has 0 bridgehead atoms. The summed E-state index contributed by atoms with van der Waals surface area (Å²) < 4.78 is 0. The lowest BCUT2D eigenvalue weighted by Crippen LogP contribution is -2.33. The van der Waals surface area contributed by atoms with Crippen LogP contribution in [0.25, 0.3) is 0 Å². The summed E-state index contributed by atoms with van der Waals surface area (Å²) in [5, 5.41) is 5.35. The van der Waals surface area contributed by atoms with E-state index in [1.807, 2.05) is 29.3 Å². The van der Waals surface area contributed by atoms with E-state index < -0.39 is 0 Å². The van der Waals surface area contributed by atoms with Crippen molar-refractivity contribution in [3.63, 3.8) is 0 Å². The van der Waals surface area contributed by atoms with Crippen LogP contribution in [-0.4, -0.2) is 13.1 Å². The van der Waals surface area contributed by atoms with Crippen LogP contribution in [0.15, 0.2) is 84.9 Å². The Morgan fingerprint density at radius 1 is 0.680 bits per heavy atom. The molecule has 0 radical (unpaired) electrons. The Morgan fingerprint density at radius 2 is 1.24 bits per heavy atom. The number of nitrogens with one attached hydrogen (secondary N) is 1. The van der Waals surface area contributed by atoms with Crippen LogP contribution in [0.5, 0.6) is 0 Å². The number of rotatable bonds is 8. The summed E-state index contributed by atoms with van der Waals surface area (Å²) in [6.07, 6.45) is 1.92. The fraction of sp³-hybridized carbons (Fsp3) is 0.182. The van der Waals surface area contributed by atoms with E-state index in [-0.39, 0.29) is 0 Å². The van der Waals surface area contributed by atoms with Gasteiger partial charge in [0.05, 0.1) is 11.4 Å². The van der Waals surface area contributed by atoms with E-state index >= 15 is 0 Å². The molecule has 3 aromatic carbocycles. The SMILES string of the molecule is NN(CCc1ccccc1)c1ccccc1NCCc1ccccc1. The highest BCUT2D eigenvalue weighted by molar-refractivity contribution is 5.69. The van der Waals surface area contributed by atoms with Crippen molar-refractivity contribution < 1.29 is 0 Å². The quantitative estimate of drug-likeness (QED) is 0.478. The van der Waals surface area contributed by atoms with E-state index in [0.29, 0.717) is 0 Å². The molecule has 0 aliphatic rings. The molecule has 0 unspecified atom stereocenters. The fourth-order valence-electron chi connectivity index (χ4n) is 2.87. The average Bonchev–Trinajstić information content (AvgIpc) is 2.68. The van der Waals surface area contributed by atoms with Crippen LogP contribution in [0.3, 0.4) is 0 Å². The van der Waals surface area contributed by atoms with Crippen LogP contribution in [0, 0.1) is 0 Å². The zero-order chi connectivity index (χ0) is 17.3. The Balaban J connectivity index is 1.58. The number of anilines is 2. The zero-order valence-electron chi connectivity index (χ0n) is 14.4. The van der Waals surface area contributed by atoms with Crippen molar-refractivity contribution in [2.75, 3.05) is 23.4 Å². The Morgan fingerprint density at radius 3 is 1.92 bits per heavy atom. The number of para-hydroxylation sites is 2. The summed E-state index contributed by atoms with van der Waals surface area (Å²) in [5.41, 5.74) is 4.74. The van der Waals surface area contributed by atoms with E-state index in [0.717, 1.165) is 37.3 Å². The lowest BCUT2D eigenvalue weighted by molar-refractivity contribution is 0.824. The molecule has 3 N–H and O–H groups in total. The normalized spacial score (nSPS) is 10.4. The summed E-state index contributed by atoms with van der Waals surface area (Å²) in [4.78, 5) is 0. The van der Waals surface area contributed by atoms with Gasteiger partial charge in [0.25, 0.3) is 0 Å². The van der Waals surface area contributed by atoms with Crippen molar-refractivity contribution in [1.82, 2.24) is 0 Å². The maximum atomic E-state index is 6.32. The highest BCUT2D eigenvalue weighted by Crippen LogP contribution is 2.23. The van der Waals surface area contributed by atoms with Crippen LogP contribution >= 0.6 is 0 Å². The summed E-state index contributed by atoms with van der Waals surface area (Å²) in [6.45, 7) is 1.66. The number of hydrogen-bond donors (Lipinski definition) is 2. The summed E-state index contributed by atoms with van der Waals surface area (Å²) in [6, 6.07) is 29.2. The molecule has 0 atom stereocenters. The maximum absolute atomic E-state index is 6.32. The van der Waals surface area contributed by atoms with E-state index in [1.165, 1.54) is 11.1 Å². The first kappa shape index (κ1) is 17.1. The second kappa shape index (κ2) is 8.90. The summed E-state index contributed by atoms with van der Waals surface area (Å²) in [7, 11) is 0. The first-order valence-corrected chi connectivity index (χ1v) is 8.76. The van der Waals surface area contributed by atoms with Gasteiger partial charge < -0.3 is 10.3 Å². The van der Waals surface area contributed by atoms with Gasteiger partial charge in [0.1, 0.15) is 0 Å². The van der Waals surface area contributed by atoms with Crippen molar-refractivity contribution in [1.29, 1.82) is 0 Å². The maximum Gasteiger partial charge on any atom is 0.0748 e. The van der Waals surface area contributed by atoms with Gasteiger partial charge in [0.15, 0.2) is 0 Å². The molecular formula is C22H25N3. The van der Waals surface area contributed by atoms with Gasteiger partial charge in [-0.05, 0) is 36.1 Å². The molecule has 3 heteroatoms. The molecular weight excluding hydrogens is 306 g/mol. The van der Waals surface area contributed by atoms with Gasteiger partial charge in [-0.2, -0.15) is 0 Å². The van der Waals surface area contributed by atoms with Crippen molar-refractivity contribution >= 4 is 11.4 Å². The molecule has 0 saturated carbocycles. The summed E-state index contributed by atoms with van der Waals surface area (Å²) in [5.74, 6) is 6.32. The largest absolute Gasteiger partial charge is 0.383 e. The second-order valence-corrected chi connectivity index (χ2v) is 6.11. The minimum Gasteiger partial charge on any atom is -0.383 e. The standard InChI is InChI=1S/C22H25N3/c23-25(18-16-20-11-5-2-6-12-20)22-14-8-7-13-21(22)24-17-15-19-9-3-1-4-10-19/h1-14,24H,15-18,23H2. The number of benzene rings is 3. The predicted octanol–water partition coefficient (Wildman–Crippen LogP) is 4.26. The number of hydrazine groups is 1. The molecule has 3 aromatic rings. The zero-order valence-corrected chi connectivity index (χ0v) is 14.4. The van der Waals surface area contributed by atoms with Crippen LogP contribution < -0.4 is 16.2 Å². The smallest absolute Gasteiger partial charge is 0.0748 e. The van der Waals surface area contributed by atoms with Gasteiger partial charge in [-0.15, -0.1) is 0 Å². The highest BCUT2D eigenvalue weighted by atomic mass is 15.4. The molecule has 0 aliphatic heterocycles. The third kappa shape index (κ3) is 5.10. The highest BCUT2D eigenvalue weighted by Gasteiger charge is 2.07. The van der Waals surface area contributed by atoms with Gasteiger partial charge in [0, 0.05) is 13.1 Å². The number of nitrogens with zero attached hydrogens (tertiary/aromatic N) is 1. The lowest BCUT2D eigenvalue weighted by atomic mass is 10.1. The second-order valence-electron chi connectivity index (χ2n) is 6.11. The molecule has 25 heavy (non-hydrogen) atoms. The van der Waals surface area contributed by atoms with Crippen molar-refractivity contribution in [2.45, 2.75) is 12.8 Å². The average molecular weight is 331 g/mol. The minimum atomic E-state index is 0.779. The predicted molar refractivity (Wildman–Crippen MR) is 107 cm³/mol. The van der Waals surface area contributed by atoms with Crippen LogP contribution in [0.4, 0.5) is 11.4 Å². The number of nitrogens with two attached hydrogens (primary N) is 1. The molecule has 3 nitrogen and oxygen atoms in total. The Labute approximate surface area is 150 Å². The van der Waals surface area contributed by atoms with Crippen molar-refractivity contribution in [2.24, 2.45) is 5.84 Å². The minimum absolute atomic E-state index is 0.779. The topological polar surface area (TPSA) is 41.3 Å². The van der Waals surface area contributed by atoms with Crippen molar-refractivity contribution in [3.8, 4) is 0 Å². The van der Waals surface area contributed by atoms with Crippen LogP contribution in [0.2, 0.25) is 0 Å². The molecule has 0 heterocycles. The first-order valence-electron chi connectivity index (χ1n) is 8.76. The third-order valence-corrected chi connectivity index (χ3v) is 4.27.